The standard InChI is InChI=1S/C17H12F3N3O3/c18-11-5-6-12(15(20)14(11)19)22-16(25)10-4-2-1-3-9(10)8-23-13(24)7-21-17(23)26/h1-6H,7-8H2,(H,21,26)(H,22,25). The summed E-state index contributed by atoms with van der Waals surface area (Å²) < 4.78 is 40.0. The van der Waals surface area contributed by atoms with E-state index in [1.54, 1.807) is 6.07 Å². The van der Waals surface area contributed by atoms with Crippen molar-refractivity contribution in [1.29, 1.82) is 0 Å². The quantitative estimate of drug-likeness (QED) is 0.647. The molecule has 0 spiro atoms. The van der Waals surface area contributed by atoms with E-state index in [0.29, 0.717) is 11.6 Å². The summed E-state index contributed by atoms with van der Waals surface area (Å²) in [6.45, 7) is -0.290. The van der Waals surface area contributed by atoms with Crippen molar-refractivity contribution in [2.75, 3.05) is 11.9 Å². The highest BCUT2D eigenvalue weighted by atomic mass is 19.2. The van der Waals surface area contributed by atoms with Gasteiger partial charge >= 0.3 is 6.03 Å². The molecule has 2 aromatic carbocycles. The van der Waals surface area contributed by atoms with Crippen molar-refractivity contribution in [2.45, 2.75) is 6.54 Å². The lowest BCUT2D eigenvalue weighted by molar-refractivity contribution is -0.125. The van der Waals surface area contributed by atoms with Gasteiger partial charge in [-0.15, -0.1) is 0 Å². The zero-order valence-electron chi connectivity index (χ0n) is 13.2. The number of urea groups is 1. The van der Waals surface area contributed by atoms with Crippen molar-refractivity contribution < 1.29 is 27.6 Å². The van der Waals surface area contributed by atoms with Crippen LogP contribution in [0.1, 0.15) is 15.9 Å². The Morgan fingerprint density at radius 2 is 1.81 bits per heavy atom. The molecule has 4 amide bonds. The minimum absolute atomic E-state index is 0.0594. The molecule has 6 nitrogen and oxygen atoms in total. The number of halogens is 3. The molecular formula is C17H12F3N3O3. The number of carbonyl (C=O) groups is 3. The predicted molar refractivity (Wildman–Crippen MR) is 84.7 cm³/mol. The van der Waals surface area contributed by atoms with Crippen molar-refractivity contribution in [1.82, 2.24) is 10.2 Å². The van der Waals surface area contributed by atoms with E-state index in [4.69, 9.17) is 0 Å². The largest absolute Gasteiger partial charge is 0.329 e. The second-order valence-electron chi connectivity index (χ2n) is 5.47. The van der Waals surface area contributed by atoms with Crippen LogP contribution in [0.2, 0.25) is 0 Å². The van der Waals surface area contributed by atoms with E-state index >= 15 is 0 Å². The molecule has 0 radical (unpaired) electrons. The summed E-state index contributed by atoms with van der Waals surface area (Å²) in [4.78, 5) is 36.7. The number of nitrogens with zero attached hydrogens (tertiary/aromatic N) is 1. The average molecular weight is 363 g/mol. The van der Waals surface area contributed by atoms with E-state index in [2.05, 4.69) is 10.6 Å². The van der Waals surface area contributed by atoms with Crippen LogP contribution >= 0.6 is 0 Å². The Hall–Kier alpha value is -3.36. The molecule has 2 N–H and O–H groups in total. The van der Waals surface area contributed by atoms with Gasteiger partial charge in [0, 0.05) is 5.56 Å². The number of carbonyl (C=O) groups excluding carboxylic acids is 3. The summed E-state index contributed by atoms with van der Waals surface area (Å²) in [5.74, 6) is -5.84. The van der Waals surface area contributed by atoms with E-state index < -0.39 is 41.0 Å². The molecule has 1 aliphatic heterocycles. The van der Waals surface area contributed by atoms with Gasteiger partial charge in [0.2, 0.25) is 5.91 Å². The lowest BCUT2D eigenvalue weighted by Gasteiger charge is -2.15. The first-order chi connectivity index (χ1) is 12.4. The minimum atomic E-state index is -1.70. The smallest absolute Gasteiger partial charge is 0.324 e. The van der Waals surface area contributed by atoms with E-state index in [9.17, 15) is 27.6 Å². The fourth-order valence-corrected chi connectivity index (χ4v) is 2.48. The molecule has 0 saturated carbocycles. The first-order valence-electron chi connectivity index (χ1n) is 7.49. The van der Waals surface area contributed by atoms with Gasteiger partial charge in [-0.1, -0.05) is 18.2 Å². The third-order valence-electron chi connectivity index (χ3n) is 3.81. The summed E-state index contributed by atoms with van der Waals surface area (Å²) in [5.41, 5.74) is -0.138. The van der Waals surface area contributed by atoms with Gasteiger partial charge in [-0.3, -0.25) is 14.5 Å². The molecule has 26 heavy (non-hydrogen) atoms. The normalized spacial score (nSPS) is 13.7. The Bertz CT molecular complexity index is 901. The Morgan fingerprint density at radius 1 is 1.08 bits per heavy atom. The lowest BCUT2D eigenvalue weighted by atomic mass is 10.1. The average Bonchev–Trinajstić information content (AvgIpc) is 2.94. The number of imide groups is 1. The fourth-order valence-electron chi connectivity index (χ4n) is 2.48. The van der Waals surface area contributed by atoms with Gasteiger partial charge in [-0.05, 0) is 23.8 Å². The molecule has 1 aliphatic rings. The summed E-state index contributed by atoms with van der Waals surface area (Å²) in [7, 11) is 0. The molecule has 9 heteroatoms. The van der Waals surface area contributed by atoms with Gasteiger partial charge < -0.3 is 10.6 Å². The first-order valence-corrected chi connectivity index (χ1v) is 7.49. The zero-order valence-corrected chi connectivity index (χ0v) is 13.2. The van der Waals surface area contributed by atoms with Crippen molar-refractivity contribution >= 4 is 23.5 Å². The number of nitrogens with one attached hydrogen (secondary N) is 2. The Kier molecular flexibility index (Phi) is 4.61. The monoisotopic (exact) mass is 363 g/mol. The fraction of sp³-hybridized carbons (Fsp3) is 0.118. The van der Waals surface area contributed by atoms with E-state index in [0.717, 1.165) is 11.0 Å². The molecule has 0 unspecified atom stereocenters. The number of hydrogen-bond acceptors (Lipinski definition) is 3. The first kappa shape index (κ1) is 17.5. The van der Waals surface area contributed by atoms with Gasteiger partial charge in [0.25, 0.3) is 5.91 Å². The third-order valence-corrected chi connectivity index (χ3v) is 3.81. The molecule has 1 heterocycles. The molecular weight excluding hydrogens is 351 g/mol. The zero-order chi connectivity index (χ0) is 18.8. The summed E-state index contributed by atoms with van der Waals surface area (Å²) >= 11 is 0. The highest BCUT2D eigenvalue weighted by Crippen LogP contribution is 2.21. The van der Waals surface area contributed by atoms with Gasteiger partial charge in [-0.25, -0.2) is 18.0 Å². The Morgan fingerprint density at radius 3 is 2.50 bits per heavy atom. The van der Waals surface area contributed by atoms with Crippen molar-refractivity contribution in [3.63, 3.8) is 0 Å². The van der Waals surface area contributed by atoms with Gasteiger partial charge in [0.1, 0.15) is 0 Å². The maximum Gasteiger partial charge on any atom is 0.324 e. The maximum absolute atomic E-state index is 13.7. The van der Waals surface area contributed by atoms with Crippen LogP contribution in [0, 0.1) is 17.5 Å². The molecule has 0 atom stereocenters. The predicted octanol–water partition coefficient (Wildman–Crippen LogP) is 2.41. The molecule has 1 saturated heterocycles. The van der Waals surface area contributed by atoms with Gasteiger partial charge in [-0.2, -0.15) is 0 Å². The second kappa shape index (κ2) is 6.87. The van der Waals surface area contributed by atoms with Crippen LogP contribution in [0.15, 0.2) is 36.4 Å². The van der Waals surface area contributed by atoms with Crippen LogP contribution in [0.4, 0.5) is 23.7 Å². The van der Waals surface area contributed by atoms with Crippen LogP contribution < -0.4 is 10.6 Å². The van der Waals surface area contributed by atoms with Crippen LogP contribution in [0.5, 0.6) is 0 Å². The van der Waals surface area contributed by atoms with Crippen LogP contribution in [-0.2, 0) is 11.3 Å². The van der Waals surface area contributed by atoms with Crippen LogP contribution in [-0.4, -0.2) is 29.3 Å². The lowest BCUT2D eigenvalue weighted by Crippen LogP contribution is -2.31. The molecule has 134 valence electrons. The van der Waals surface area contributed by atoms with Crippen LogP contribution in [0.3, 0.4) is 0 Å². The SMILES string of the molecule is O=C(Nc1ccc(F)c(F)c1F)c1ccccc1CN1C(=O)CNC1=O. The number of rotatable bonds is 4. The minimum Gasteiger partial charge on any atom is -0.329 e. The van der Waals surface area contributed by atoms with E-state index in [1.165, 1.54) is 18.2 Å². The van der Waals surface area contributed by atoms with Crippen LogP contribution in [0.25, 0.3) is 0 Å². The topological polar surface area (TPSA) is 78.5 Å². The number of anilines is 1. The summed E-state index contributed by atoms with van der Waals surface area (Å²) in [5, 5.41) is 4.51. The maximum atomic E-state index is 13.7. The molecule has 0 aromatic heterocycles. The Labute approximate surface area is 145 Å². The molecule has 2 aromatic rings. The summed E-state index contributed by atoms with van der Waals surface area (Å²) in [6.07, 6.45) is 0. The molecule has 0 aliphatic carbocycles. The second-order valence-corrected chi connectivity index (χ2v) is 5.47. The van der Waals surface area contributed by atoms with E-state index in [-0.39, 0.29) is 18.7 Å². The molecule has 3 rings (SSSR count). The van der Waals surface area contributed by atoms with Crippen molar-refractivity contribution in [3.05, 3.63) is 65.0 Å². The Balaban J connectivity index is 1.86. The third kappa shape index (κ3) is 3.23. The van der Waals surface area contributed by atoms with Gasteiger partial charge in [0.05, 0.1) is 18.8 Å². The number of hydrogen-bond donors (Lipinski definition) is 2. The highest BCUT2D eigenvalue weighted by molar-refractivity contribution is 6.06. The van der Waals surface area contributed by atoms with E-state index in [1.807, 2.05) is 0 Å². The van der Waals surface area contributed by atoms with Gasteiger partial charge in [0.15, 0.2) is 17.5 Å². The molecule has 1 fully saturated rings. The summed E-state index contributed by atoms with van der Waals surface area (Å²) in [6, 6.07) is 7.06. The highest BCUT2D eigenvalue weighted by Gasteiger charge is 2.29. The number of benzene rings is 2. The van der Waals surface area contributed by atoms with Crippen molar-refractivity contribution in [2.24, 2.45) is 0 Å². The molecule has 0 bridgehead atoms. The number of amides is 4. The van der Waals surface area contributed by atoms with Crippen molar-refractivity contribution in [3.8, 4) is 0 Å².